The van der Waals surface area contributed by atoms with Crippen LogP contribution in [0.25, 0.3) is 0 Å². The summed E-state index contributed by atoms with van der Waals surface area (Å²) in [5.74, 6) is -0.993. The topological polar surface area (TPSA) is 62.3 Å². The van der Waals surface area contributed by atoms with Gasteiger partial charge < -0.3 is 10.2 Å². The first-order chi connectivity index (χ1) is 14.2. The Balaban J connectivity index is 1.46. The third-order valence-corrected chi connectivity index (χ3v) is 5.23. The van der Waals surface area contributed by atoms with Crippen molar-refractivity contribution in [2.24, 2.45) is 5.92 Å². The van der Waals surface area contributed by atoms with Crippen molar-refractivity contribution in [2.75, 3.05) is 11.4 Å². The number of para-hydroxylation sites is 1. The number of hydrogen-bond donors (Lipinski definition) is 1. The molecule has 4 rings (SSSR count). The highest BCUT2D eigenvalue weighted by Gasteiger charge is 2.38. The van der Waals surface area contributed by atoms with E-state index < -0.39 is 5.92 Å². The normalized spacial score (nSPS) is 16.1. The molecular weight excluding hydrogens is 362 g/mol. The number of carbonyl (C=O) groups excluding carboxylic acids is 2. The summed E-state index contributed by atoms with van der Waals surface area (Å²) in [6, 6.07) is 21.8. The first-order valence-electron chi connectivity index (χ1n) is 9.82. The van der Waals surface area contributed by atoms with Gasteiger partial charge in [-0.15, -0.1) is 0 Å². The number of nitrogens with zero attached hydrogens (tertiary/aromatic N) is 2. The van der Waals surface area contributed by atoms with Crippen molar-refractivity contribution in [1.82, 2.24) is 10.3 Å². The van der Waals surface area contributed by atoms with Crippen LogP contribution in [0.1, 0.15) is 23.1 Å². The third kappa shape index (κ3) is 4.35. The smallest absolute Gasteiger partial charge is 0.239 e. The average molecular weight is 385 g/mol. The van der Waals surface area contributed by atoms with Crippen LogP contribution in [0.4, 0.5) is 5.69 Å². The number of nitrogens with one attached hydrogen (secondary N) is 1. The molecule has 1 atom stereocenters. The van der Waals surface area contributed by atoms with Crippen molar-refractivity contribution in [3.05, 3.63) is 95.8 Å². The molecular formula is C24H23N3O2. The van der Waals surface area contributed by atoms with Gasteiger partial charge in [0, 0.05) is 31.2 Å². The Hall–Kier alpha value is -3.47. The molecule has 2 amide bonds. The van der Waals surface area contributed by atoms with E-state index in [9.17, 15) is 9.59 Å². The average Bonchev–Trinajstić information content (AvgIpc) is 3.15. The fourth-order valence-electron chi connectivity index (χ4n) is 3.72. The Morgan fingerprint density at radius 3 is 2.55 bits per heavy atom. The quantitative estimate of drug-likeness (QED) is 0.662. The SMILES string of the molecule is O=C(NCc1cccnc1)[C@@H]1CCN(c2ccccc2Cc2ccccc2)C1=O. The maximum absolute atomic E-state index is 13.0. The molecule has 0 saturated carbocycles. The van der Waals surface area contributed by atoms with E-state index in [0.717, 1.165) is 23.2 Å². The first kappa shape index (κ1) is 18.9. The molecule has 1 fully saturated rings. The highest BCUT2D eigenvalue weighted by molar-refractivity contribution is 6.09. The van der Waals surface area contributed by atoms with Gasteiger partial charge in [-0.2, -0.15) is 0 Å². The molecule has 0 spiro atoms. The van der Waals surface area contributed by atoms with Crippen LogP contribution >= 0.6 is 0 Å². The highest BCUT2D eigenvalue weighted by atomic mass is 16.2. The third-order valence-electron chi connectivity index (χ3n) is 5.23. The lowest BCUT2D eigenvalue weighted by atomic mass is 10.0. The maximum atomic E-state index is 13.0. The standard InChI is InChI=1S/C24H23N3O2/c28-23(26-17-19-9-6-13-25-16-19)21-12-14-27(24(21)29)22-11-5-4-10-20(22)15-18-7-2-1-3-8-18/h1-11,13,16,21H,12,14-15,17H2,(H,26,28)/t21-/m0/s1. The second-order valence-corrected chi connectivity index (χ2v) is 7.20. The largest absolute Gasteiger partial charge is 0.351 e. The molecule has 0 aliphatic carbocycles. The summed E-state index contributed by atoms with van der Waals surface area (Å²) in [5.41, 5.74) is 4.08. The summed E-state index contributed by atoms with van der Waals surface area (Å²) in [7, 11) is 0. The van der Waals surface area contributed by atoms with Crippen LogP contribution in [0.15, 0.2) is 79.1 Å². The van der Waals surface area contributed by atoms with Gasteiger partial charge in [0.25, 0.3) is 0 Å². The Morgan fingerprint density at radius 1 is 1.00 bits per heavy atom. The van der Waals surface area contributed by atoms with E-state index in [1.165, 1.54) is 5.56 Å². The van der Waals surface area contributed by atoms with Gasteiger partial charge in [-0.1, -0.05) is 54.6 Å². The highest BCUT2D eigenvalue weighted by Crippen LogP contribution is 2.29. The summed E-state index contributed by atoms with van der Waals surface area (Å²) in [4.78, 5) is 31.4. The van der Waals surface area contributed by atoms with Gasteiger partial charge in [-0.25, -0.2) is 0 Å². The monoisotopic (exact) mass is 385 g/mol. The zero-order valence-electron chi connectivity index (χ0n) is 16.1. The van der Waals surface area contributed by atoms with Gasteiger partial charge in [0.1, 0.15) is 5.92 Å². The molecule has 0 bridgehead atoms. The fourth-order valence-corrected chi connectivity index (χ4v) is 3.72. The molecule has 29 heavy (non-hydrogen) atoms. The number of anilines is 1. The van der Waals surface area contributed by atoms with E-state index in [-0.39, 0.29) is 11.8 Å². The number of rotatable bonds is 6. The number of hydrogen-bond acceptors (Lipinski definition) is 3. The lowest BCUT2D eigenvalue weighted by molar-refractivity contribution is -0.132. The van der Waals surface area contributed by atoms with Crippen LogP contribution in [0.2, 0.25) is 0 Å². The Bertz CT molecular complexity index is 989. The molecule has 2 heterocycles. The van der Waals surface area contributed by atoms with Gasteiger partial charge in [0.2, 0.25) is 11.8 Å². The molecule has 1 aliphatic heterocycles. The number of amides is 2. The van der Waals surface area contributed by atoms with Crippen molar-refractivity contribution < 1.29 is 9.59 Å². The minimum atomic E-state index is -0.642. The van der Waals surface area contributed by atoms with E-state index in [1.54, 1.807) is 17.3 Å². The lowest BCUT2D eigenvalue weighted by Gasteiger charge is -2.20. The van der Waals surface area contributed by atoms with Gasteiger partial charge >= 0.3 is 0 Å². The molecule has 5 heteroatoms. The second-order valence-electron chi connectivity index (χ2n) is 7.20. The van der Waals surface area contributed by atoms with Crippen molar-refractivity contribution in [1.29, 1.82) is 0 Å². The number of benzene rings is 2. The second kappa shape index (κ2) is 8.69. The molecule has 2 aromatic carbocycles. The summed E-state index contributed by atoms with van der Waals surface area (Å²) in [6.07, 6.45) is 4.68. The molecule has 0 unspecified atom stereocenters. The summed E-state index contributed by atoms with van der Waals surface area (Å²) < 4.78 is 0. The lowest BCUT2D eigenvalue weighted by Crippen LogP contribution is -2.36. The van der Waals surface area contributed by atoms with Crippen molar-refractivity contribution in [2.45, 2.75) is 19.4 Å². The van der Waals surface area contributed by atoms with Crippen molar-refractivity contribution in [3.63, 3.8) is 0 Å². The molecule has 1 saturated heterocycles. The summed E-state index contributed by atoms with van der Waals surface area (Å²) in [5, 5.41) is 2.87. The zero-order chi connectivity index (χ0) is 20.1. The number of aromatic nitrogens is 1. The molecule has 0 radical (unpaired) electrons. The Kier molecular flexibility index (Phi) is 5.66. The molecule has 3 aromatic rings. The van der Waals surface area contributed by atoms with Crippen molar-refractivity contribution in [3.8, 4) is 0 Å². The van der Waals surface area contributed by atoms with Crippen LogP contribution in [-0.2, 0) is 22.6 Å². The predicted molar refractivity (Wildman–Crippen MR) is 112 cm³/mol. The van der Waals surface area contributed by atoms with E-state index in [0.29, 0.717) is 19.5 Å². The minimum absolute atomic E-state index is 0.130. The van der Waals surface area contributed by atoms with E-state index in [1.807, 2.05) is 54.6 Å². The van der Waals surface area contributed by atoms with Crippen LogP contribution in [-0.4, -0.2) is 23.3 Å². The summed E-state index contributed by atoms with van der Waals surface area (Å²) >= 11 is 0. The fraction of sp³-hybridized carbons (Fsp3) is 0.208. The van der Waals surface area contributed by atoms with Gasteiger partial charge in [-0.05, 0) is 41.7 Å². The number of carbonyl (C=O) groups is 2. The first-order valence-corrected chi connectivity index (χ1v) is 9.82. The Morgan fingerprint density at radius 2 is 1.76 bits per heavy atom. The summed E-state index contributed by atoms with van der Waals surface area (Å²) in [6.45, 7) is 0.927. The predicted octanol–water partition coefficient (Wildman–Crippen LogP) is 3.34. The van der Waals surface area contributed by atoms with Gasteiger partial charge in [0.15, 0.2) is 0 Å². The van der Waals surface area contributed by atoms with E-state index in [2.05, 4.69) is 22.4 Å². The molecule has 5 nitrogen and oxygen atoms in total. The van der Waals surface area contributed by atoms with E-state index >= 15 is 0 Å². The Labute approximate surface area is 170 Å². The van der Waals surface area contributed by atoms with Gasteiger partial charge in [0.05, 0.1) is 0 Å². The van der Waals surface area contributed by atoms with E-state index in [4.69, 9.17) is 0 Å². The number of pyridine rings is 1. The molecule has 1 N–H and O–H groups in total. The zero-order valence-corrected chi connectivity index (χ0v) is 16.1. The van der Waals surface area contributed by atoms with Gasteiger partial charge in [-0.3, -0.25) is 14.6 Å². The molecule has 146 valence electrons. The van der Waals surface area contributed by atoms with Crippen LogP contribution in [0.3, 0.4) is 0 Å². The van der Waals surface area contributed by atoms with Crippen LogP contribution < -0.4 is 10.2 Å². The maximum Gasteiger partial charge on any atom is 0.239 e. The molecule has 1 aliphatic rings. The minimum Gasteiger partial charge on any atom is -0.351 e. The van der Waals surface area contributed by atoms with Crippen LogP contribution in [0, 0.1) is 5.92 Å². The van der Waals surface area contributed by atoms with Crippen LogP contribution in [0.5, 0.6) is 0 Å². The van der Waals surface area contributed by atoms with Crippen molar-refractivity contribution >= 4 is 17.5 Å². The molecule has 1 aromatic heterocycles.